The molecule has 0 aliphatic carbocycles. The van der Waals surface area contributed by atoms with E-state index in [0.717, 1.165) is 32.6 Å². The number of para-hydroxylation sites is 1. The molecule has 0 N–H and O–H groups in total. The Morgan fingerprint density at radius 1 is 1.58 bits per heavy atom. The van der Waals surface area contributed by atoms with E-state index in [1.165, 1.54) is 0 Å². The Bertz CT molecular complexity index is 461. The van der Waals surface area contributed by atoms with Gasteiger partial charge in [-0.15, -0.1) is 0 Å². The van der Waals surface area contributed by atoms with Crippen molar-refractivity contribution < 1.29 is 9.66 Å². The summed E-state index contributed by atoms with van der Waals surface area (Å²) < 4.78 is 5.43. The zero-order valence-corrected chi connectivity index (χ0v) is 11.6. The molecule has 1 atom stereocenters. The van der Waals surface area contributed by atoms with Crippen LogP contribution >= 0.6 is 11.6 Å². The number of nitro benzene ring substituents is 1. The maximum Gasteiger partial charge on any atom is 0.310 e. The largest absolute Gasteiger partial charge is 0.381 e. The van der Waals surface area contributed by atoms with E-state index in [0.29, 0.717) is 11.6 Å². The smallest absolute Gasteiger partial charge is 0.310 e. The van der Waals surface area contributed by atoms with E-state index in [9.17, 15) is 10.1 Å². The minimum atomic E-state index is -0.425. The van der Waals surface area contributed by atoms with Gasteiger partial charge >= 0.3 is 5.69 Å². The highest BCUT2D eigenvalue weighted by Gasteiger charge is 2.23. The highest BCUT2D eigenvalue weighted by molar-refractivity contribution is 6.33. The summed E-state index contributed by atoms with van der Waals surface area (Å²) in [5.41, 5.74) is 0.534. The molecule has 2 rings (SSSR count). The third-order valence-electron chi connectivity index (χ3n) is 3.35. The lowest BCUT2D eigenvalue weighted by Gasteiger charge is -2.28. The summed E-state index contributed by atoms with van der Waals surface area (Å²) in [5.74, 6) is 0.414. The van der Waals surface area contributed by atoms with Crippen molar-refractivity contribution in [2.24, 2.45) is 5.92 Å². The molecule has 5 nitrogen and oxygen atoms in total. The second-order valence-corrected chi connectivity index (χ2v) is 5.24. The molecule has 0 saturated carbocycles. The van der Waals surface area contributed by atoms with Crippen LogP contribution in [0, 0.1) is 16.0 Å². The van der Waals surface area contributed by atoms with Gasteiger partial charge in [-0.1, -0.05) is 17.7 Å². The van der Waals surface area contributed by atoms with Crippen LogP contribution in [0.1, 0.15) is 12.8 Å². The topological polar surface area (TPSA) is 55.6 Å². The highest BCUT2D eigenvalue weighted by atomic mass is 35.5. The summed E-state index contributed by atoms with van der Waals surface area (Å²) in [6.45, 7) is 2.28. The molecule has 104 valence electrons. The second kappa shape index (κ2) is 6.21. The molecule has 1 aromatic rings. The quantitative estimate of drug-likeness (QED) is 0.630. The van der Waals surface area contributed by atoms with Gasteiger partial charge in [-0.2, -0.15) is 0 Å². The molecule has 0 spiro atoms. The van der Waals surface area contributed by atoms with Crippen LogP contribution < -0.4 is 4.90 Å². The van der Waals surface area contributed by atoms with Crippen molar-refractivity contribution >= 4 is 23.0 Å². The Morgan fingerprint density at radius 3 is 3.00 bits per heavy atom. The highest BCUT2D eigenvalue weighted by Crippen LogP contribution is 2.35. The van der Waals surface area contributed by atoms with E-state index in [1.807, 2.05) is 11.9 Å². The van der Waals surface area contributed by atoms with Crippen LogP contribution in [-0.4, -0.2) is 31.7 Å². The molecule has 6 heteroatoms. The lowest BCUT2D eigenvalue weighted by molar-refractivity contribution is -0.384. The molecular weight excluding hydrogens is 268 g/mol. The Kier molecular flexibility index (Phi) is 4.61. The van der Waals surface area contributed by atoms with Gasteiger partial charge in [0.25, 0.3) is 0 Å². The molecule has 19 heavy (non-hydrogen) atoms. The van der Waals surface area contributed by atoms with Crippen LogP contribution in [-0.2, 0) is 4.74 Å². The van der Waals surface area contributed by atoms with E-state index < -0.39 is 4.92 Å². The van der Waals surface area contributed by atoms with Gasteiger partial charge in [-0.3, -0.25) is 10.1 Å². The number of hydrogen-bond acceptors (Lipinski definition) is 4. The monoisotopic (exact) mass is 284 g/mol. The molecule has 0 amide bonds. The van der Waals surface area contributed by atoms with Gasteiger partial charge < -0.3 is 9.64 Å². The maximum atomic E-state index is 11.1. The van der Waals surface area contributed by atoms with Crippen LogP contribution in [0.5, 0.6) is 0 Å². The van der Waals surface area contributed by atoms with Gasteiger partial charge in [0.05, 0.1) is 11.5 Å². The van der Waals surface area contributed by atoms with Crippen molar-refractivity contribution in [3.05, 3.63) is 33.3 Å². The zero-order chi connectivity index (χ0) is 13.8. The van der Waals surface area contributed by atoms with Gasteiger partial charge in [-0.05, 0) is 30.9 Å². The second-order valence-electron chi connectivity index (χ2n) is 4.83. The summed E-state index contributed by atoms with van der Waals surface area (Å²) in [4.78, 5) is 12.6. The van der Waals surface area contributed by atoms with Gasteiger partial charge in [-0.25, -0.2) is 0 Å². The molecule has 1 unspecified atom stereocenters. The third kappa shape index (κ3) is 3.36. The molecule has 1 fully saturated rings. The molecule has 0 aromatic heterocycles. The summed E-state index contributed by atoms with van der Waals surface area (Å²) >= 11 is 5.92. The number of rotatable bonds is 4. The van der Waals surface area contributed by atoms with Crippen LogP contribution in [0.2, 0.25) is 5.02 Å². The minimum absolute atomic E-state index is 0.0246. The van der Waals surface area contributed by atoms with E-state index in [-0.39, 0.29) is 10.7 Å². The Morgan fingerprint density at radius 2 is 2.37 bits per heavy atom. The predicted octanol–water partition coefficient (Wildman–Crippen LogP) is 3.11. The van der Waals surface area contributed by atoms with Gasteiger partial charge in [0.1, 0.15) is 10.7 Å². The number of hydrogen-bond donors (Lipinski definition) is 0. The van der Waals surface area contributed by atoms with E-state index in [2.05, 4.69) is 0 Å². The molecule has 1 heterocycles. The zero-order valence-electron chi connectivity index (χ0n) is 10.8. The van der Waals surface area contributed by atoms with Crippen molar-refractivity contribution in [1.82, 2.24) is 0 Å². The SMILES string of the molecule is CN(CC1CCCOC1)c1cccc(Cl)c1[N+](=O)[O-]. The van der Waals surface area contributed by atoms with Crippen LogP contribution in [0.15, 0.2) is 18.2 Å². The summed E-state index contributed by atoms with van der Waals surface area (Å²) in [5, 5.41) is 11.3. The lowest BCUT2D eigenvalue weighted by atomic mass is 10.0. The number of nitrogens with zero attached hydrogens (tertiary/aromatic N) is 2. The first-order valence-corrected chi connectivity index (χ1v) is 6.69. The van der Waals surface area contributed by atoms with Crippen molar-refractivity contribution in [3.8, 4) is 0 Å². The number of ether oxygens (including phenoxy) is 1. The molecule has 1 saturated heterocycles. The lowest BCUT2D eigenvalue weighted by Crippen LogP contribution is -2.31. The number of anilines is 1. The molecule has 0 radical (unpaired) electrons. The minimum Gasteiger partial charge on any atom is -0.381 e. The number of halogens is 1. The van der Waals surface area contributed by atoms with Crippen LogP contribution in [0.3, 0.4) is 0 Å². The van der Waals surface area contributed by atoms with Gasteiger partial charge in [0.2, 0.25) is 0 Å². The number of benzene rings is 1. The third-order valence-corrected chi connectivity index (χ3v) is 3.65. The van der Waals surface area contributed by atoms with Crippen molar-refractivity contribution in [1.29, 1.82) is 0 Å². The van der Waals surface area contributed by atoms with Gasteiger partial charge in [0.15, 0.2) is 0 Å². The fourth-order valence-corrected chi connectivity index (χ4v) is 2.67. The molecule has 1 aliphatic heterocycles. The first-order valence-electron chi connectivity index (χ1n) is 6.31. The average molecular weight is 285 g/mol. The van der Waals surface area contributed by atoms with E-state index in [1.54, 1.807) is 18.2 Å². The van der Waals surface area contributed by atoms with Crippen molar-refractivity contribution in [2.45, 2.75) is 12.8 Å². The normalized spacial score (nSPS) is 19.2. The predicted molar refractivity (Wildman–Crippen MR) is 74.9 cm³/mol. The summed E-state index contributed by atoms with van der Waals surface area (Å²) in [7, 11) is 1.85. The van der Waals surface area contributed by atoms with Crippen LogP contribution in [0.25, 0.3) is 0 Å². The maximum absolute atomic E-state index is 11.1. The van der Waals surface area contributed by atoms with Crippen molar-refractivity contribution in [3.63, 3.8) is 0 Å². The fraction of sp³-hybridized carbons (Fsp3) is 0.538. The Hall–Kier alpha value is -1.33. The van der Waals surface area contributed by atoms with E-state index in [4.69, 9.17) is 16.3 Å². The molecule has 0 bridgehead atoms. The standard InChI is InChI=1S/C13H17ClN2O3/c1-15(8-10-4-3-7-19-9-10)12-6-2-5-11(14)13(12)16(17)18/h2,5-6,10H,3-4,7-9H2,1H3. The van der Waals surface area contributed by atoms with E-state index >= 15 is 0 Å². The Labute approximate surface area is 117 Å². The molecule has 1 aliphatic rings. The average Bonchev–Trinajstić information content (AvgIpc) is 2.39. The first kappa shape index (κ1) is 14.1. The van der Waals surface area contributed by atoms with Crippen LogP contribution in [0.4, 0.5) is 11.4 Å². The molecule has 1 aromatic carbocycles. The molecular formula is C13H17ClN2O3. The summed E-state index contributed by atoms with van der Waals surface area (Å²) in [6.07, 6.45) is 2.15. The fourth-order valence-electron chi connectivity index (χ4n) is 2.43. The Balaban J connectivity index is 2.16. The van der Waals surface area contributed by atoms with Crippen molar-refractivity contribution in [2.75, 3.05) is 31.7 Å². The van der Waals surface area contributed by atoms with Gasteiger partial charge in [0, 0.05) is 20.2 Å². The first-order chi connectivity index (χ1) is 9.09. The number of nitro groups is 1. The summed E-state index contributed by atoms with van der Waals surface area (Å²) in [6, 6.07) is 5.01.